The summed E-state index contributed by atoms with van der Waals surface area (Å²) in [6, 6.07) is 10.8. The van der Waals surface area contributed by atoms with E-state index in [0.29, 0.717) is 18.0 Å². The van der Waals surface area contributed by atoms with Crippen molar-refractivity contribution in [3.05, 3.63) is 36.4 Å². The minimum absolute atomic E-state index is 0.0948. The third-order valence-corrected chi connectivity index (χ3v) is 5.52. The van der Waals surface area contributed by atoms with Gasteiger partial charge >= 0.3 is 5.97 Å². The zero-order valence-corrected chi connectivity index (χ0v) is 16.1. The smallest absolute Gasteiger partial charge is 0.341 e. The molecule has 2 aromatic carbocycles. The Morgan fingerprint density at radius 2 is 1.79 bits per heavy atom. The zero-order chi connectivity index (χ0) is 20.4. The summed E-state index contributed by atoms with van der Waals surface area (Å²) in [5.41, 5.74) is 0.652. The third-order valence-electron chi connectivity index (χ3n) is 5.52. The number of nitrogens with zero attached hydrogens (tertiary/aromatic N) is 1. The molecule has 1 heterocycles. The summed E-state index contributed by atoms with van der Waals surface area (Å²) in [7, 11) is 0. The number of benzene rings is 2. The molecule has 0 aromatic heterocycles. The summed E-state index contributed by atoms with van der Waals surface area (Å²) in [6.45, 7) is 0.777. The van der Waals surface area contributed by atoms with Gasteiger partial charge in [-0.1, -0.05) is 24.3 Å². The normalized spacial score (nSPS) is 19.0. The number of anilines is 1. The number of carbonyl (C=O) groups excluding carboxylic acids is 2. The lowest BCUT2D eigenvalue weighted by molar-refractivity contribution is -0.139. The van der Waals surface area contributed by atoms with Crippen LogP contribution >= 0.6 is 0 Å². The number of fused-ring (bicyclic) bond motifs is 1. The Morgan fingerprint density at radius 1 is 1.03 bits per heavy atom. The predicted octanol–water partition coefficient (Wildman–Crippen LogP) is 2.89. The molecule has 7 heteroatoms. The number of carboxylic acids is 1. The van der Waals surface area contributed by atoms with Crippen molar-refractivity contribution >= 4 is 34.2 Å². The van der Waals surface area contributed by atoms with E-state index in [-0.39, 0.29) is 23.7 Å². The summed E-state index contributed by atoms with van der Waals surface area (Å²) in [5, 5.41) is 13.4. The summed E-state index contributed by atoms with van der Waals surface area (Å²) in [6.07, 6.45) is 3.53. The van der Waals surface area contributed by atoms with Crippen LogP contribution < -0.4 is 10.1 Å². The Hall–Kier alpha value is -3.09. The van der Waals surface area contributed by atoms with Gasteiger partial charge in [0.15, 0.2) is 6.61 Å². The Balaban J connectivity index is 1.50. The number of aliphatic carboxylic acids is 1. The monoisotopic (exact) mass is 396 g/mol. The first-order valence-corrected chi connectivity index (χ1v) is 9.99. The molecule has 4 rings (SSSR count). The largest absolute Gasteiger partial charge is 0.481 e. The number of ether oxygens (including phenoxy) is 1. The summed E-state index contributed by atoms with van der Waals surface area (Å²) < 4.78 is 5.37. The van der Waals surface area contributed by atoms with E-state index in [2.05, 4.69) is 5.32 Å². The fourth-order valence-electron chi connectivity index (χ4n) is 3.86. The van der Waals surface area contributed by atoms with Gasteiger partial charge in [-0.15, -0.1) is 0 Å². The van der Waals surface area contributed by atoms with Crippen molar-refractivity contribution in [2.45, 2.75) is 25.7 Å². The Kier molecular flexibility index (Phi) is 5.38. The topological polar surface area (TPSA) is 95.9 Å². The van der Waals surface area contributed by atoms with Crippen molar-refractivity contribution in [1.29, 1.82) is 0 Å². The minimum atomic E-state index is -1.05. The molecule has 2 aromatic rings. The van der Waals surface area contributed by atoms with Crippen molar-refractivity contribution in [3.8, 4) is 5.75 Å². The van der Waals surface area contributed by atoms with Gasteiger partial charge in [-0.2, -0.15) is 0 Å². The molecule has 0 radical (unpaired) electrons. The maximum Gasteiger partial charge on any atom is 0.341 e. The van der Waals surface area contributed by atoms with Gasteiger partial charge in [0.05, 0.1) is 5.92 Å². The van der Waals surface area contributed by atoms with E-state index >= 15 is 0 Å². The second kappa shape index (κ2) is 8.11. The SMILES string of the molecule is O=C(O)COc1ccc(NC(=O)C2CCCN(C(=O)C3CC3)C2)c2ccccc12. The Labute approximate surface area is 168 Å². The molecule has 1 saturated carbocycles. The van der Waals surface area contributed by atoms with Crippen LogP contribution in [0.5, 0.6) is 5.75 Å². The molecular weight excluding hydrogens is 372 g/mol. The number of nitrogens with one attached hydrogen (secondary N) is 1. The molecule has 2 fully saturated rings. The number of hydrogen-bond donors (Lipinski definition) is 2. The van der Waals surface area contributed by atoms with Gasteiger partial charge in [-0.3, -0.25) is 9.59 Å². The molecule has 0 spiro atoms. The first kappa shape index (κ1) is 19.2. The predicted molar refractivity (Wildman–Crippen MR) is 108 cm³/mol. The standard InChI is InChI=1S/C22H24N2O5/c25-20(26)13-29-19-10-9-18(16-5-1-2-6-17(16)19)23-21(27)15-4-3-11-24(12-15)22(28)14-7-8-14/h1-2,5-6,9-10,14-15H,3-4,7-8,11-13H2,(H,23,27)(H,25,26). The summed E-state index contributed by atoms with van der Waals surface area (Å²) in [4.78, 5) is 37.9. The number of amides is 2. The van der Waals surface area contributed by atoms with E-state index in [9.17, 15) is 14.4 Å². The molecule has 1 atom stereocenters. The molecule has 1 saturated heterocycles. The molecule has 2 amide bonds. The van der Waals surface area contributed by atoms with Crippen LogP contribution in [0.1, 0.15) is 25.7 Å². The van der Waals surface area contributed by atoms with Crippen LogP contribution in [-0.4, -0.2) is 47.5 Å². The number of carboxylic acid groups (broad SMARTS) is 1. The van der Waals surface area contributed by atoms with Crippen LogP contribution in [0.4, 0.5) is 5.69 Å². The molecule has 1 aliphatic heterocycles. The van der Waals surface area contributed by atoms with Gasteiger partial charge in [0, 0.05) is 35.5 Å². The molecule has 1 aliphatic carbocycles. The van der Waals surface area contributed by atoms with Crippen molar-refractivity contribution in [3.63, 3.8) is 0 Å². The molecular formula is C22H24N2O5. The van der Waals surface area contributed by atoms with Crippen LogP contribution in [0.3, 0.4) is 0 Å². The van der Waals surface area contributed by atoms with E-state index in [0.717, 1.165) is 43.0 Å². The van der Waals surface area contributed by atoms with Crippen LogP contribution in [-0.2, 0) is 14.4 Å². The van der Waals surface area contributed by atoms with Crippen LogP contribution in [0, 0.1) is 11.8 Å². The average molecular weight is 396 g/mol. The molecule has 29 heavy (non-hydrogen) atoms. The van der Waals surface area contributed by atoms with Gasteiger partial charge in [0.1, 0.15) is 5.75 Å². The highest BCUT2D eigenvalue weighted by atomic mass is 16.5. The second-order valence-corrected chi connectivity index (χ2v) is 7.73. The molecule has 2 aliphatic rings. The van der Waals surface area contributed by atoms with Gasteiger partial charge in [0.25, 0.3) is 0 Å². The van der Waals surface area contributed by atoms with E-state index in [1.165, 1.54) is 0 Å². The fourth-order valence-corrected chi connectivity index (χ4v) is 3.86. The first-order chi connectivity index (χ1) is 14.0. The highest BCUT2D eigenvalue weighted by molar-refractivity contribution is 6.05. The average Bonchev–Trinajstić information content (AvgIpc) is 3.58. The Morgan fingerprint density at radius 3 is 2.52 bits per heavy atom. The van der Waals surface area contributed by atoms with Crippen molar-refractivity contribution < 1.29 is 24.2 Å². The van der Waals surface area contributed by atoms with Crippen molar-refractivity contribution in [1.82, 2.24) is 4.90 Å². The Bertz CT molecular complexity index is 953. The third kappa shape index (κ3) is 4.34. The van der Waals surface area contributed by atoms with E-state index in [4.69, 9.17) is 9.84 Å². The first-order valence-electron chi connectivity index (χ1n) is 9.99. The fraction of sp³-hybridized carbons (Fsp3) is 0.409. The molecule has 0 bridgehead atoms. The number of likely N-dealkylation sites (tertiary alicyclic amines) is 1. The number of carbonyl (C=O) groups is 3. The second-order valence-electron chi connectivity index (χ2n) is 7.73. The maximum atomic E-state index is 12.9. The number of piperidine rings is 1. The van der Waals surface area contributed by atoms with Crippen LogP contribution in [0.25, 0.3) is 10.8 Å². The van der Waals surface area contributed by atoms with Gasteiger partial charge in [-0.05, 0) is 37.8 Å². The van der Waals surface area contributed by atoms with Gasteiger partial charge in [-0.25, -0.2) is 4.79 Å². The molecule has 152 valence electrons. The quantitative estimate of drug-likeness (QED) is 0.783. The maximum absolute atomic E-state index is 12.9. The van der Waals surface area contributed by atoms with Gasteiger partial charge < -0.3 is 20.1 Å². The van der Waals surface area contributed by atoms with Crippen LogP contribution in [0.15, 0.2) is 36.4 Å². The lowest BCUT2D eigenvalue weighted by Crippen LogP contribution is -2.44. The van der Waals surface area contributed by atoms with Gasteiger partial charge in [0.2, 0.25) is 11.8 Å². The molecule has 1 unspecified atom stereocenters. The zero-order valence-electron chi connectivity index (χ0n) is 16.1. The summed E-state index contributed by atoms with van der Waals surface area (Å²) in [5.74, 6) is -0.559. The van der Waals surface area contributed by atoms with Crippen molar-refractivity contribution in [2.24, 2.45) is 11.8 Å². The number of rotatable bonds is 6. The lowest BCUT2D eigenvalue weighted by atomic mass is 9.96. The van der Waals surface area contributed by atoms with E-state index < -0.39 is 12.6 Å². The summed E-state index contributed by atoms with van der Waals surface area (Å²) >= 11 is 0. The van der Waals surface area contributed by atoms with Crippen molar-refractivity contribution in [2.75, 3.05) is 25.0 Å². The highest BCUT2D eigenvalue weighted by Gasteiger charge is 2.36. The van der Waals surface area contributed by atoms with Crippen LogP contribution in [0.2, 0.25) is 0 Å². The molecule has 7 nitrogen and oxygen atoms in total. The lowest BCUT2D eigenvalue weighted by Gasteiger charge is -2.32. The minimum Gasteiger partial charge on any atom is -0.481 e. The van der Waals surface area contributed by atoms with E-state index in [1.807, 2.05) is 29.2 Å². The number of hydrogen-bond acceptors (Lipinski definition) is 4. The highest BCUT2D eigenvalue weighted by Crippen LogP contribution is 2.34. The molecule has 2 N–H and O–H groups in total. The van der Waals surface area contributed by atoms with E-state index in [1.54, 1.807) is 12.1 Å².